The Hall–Kier alpha value is -2.04. The molecule has 0 aliphatic carbocycles. The Morgan fingerprint density at radius 1 is 1.31 bits per heavy atom. The monoisotopic (exact) mass is 221 g/mol. The molecule has 1 rings (SSSR count). The summed E-state index contributed by atoms with van der Waals surface area (Å²) in [5.41, 5.74) is 2.05. The molecule has 86 valence electrons. The van der Waals surface area contributed by atoms with E-state index in [0.29, 0.717) is 11.4 Å². The fourth-order valence-electron chi connectivity index (χ4n) is 1.09. The summed E-state index contributed by atoms with van der Waals surface area (Å²) in [5.74, 6) is 0. The highest BCUT2D eigenvalue weighted by atomic mass is 16.4. The highest BCUT2D eigenvalue weighted by molar-refractivity contribution is 5.99. The second kappa shape index (κ2) is 5.16. The highest BCUT2D eigenvalue weighted by Crippen LogP contribution is 2.10. The van der Waals surface area contributed by atoms with E-state index < -0.39 is 0 Å². The van der Waals surface area contributed by atoms with Gasteiger partial charge in [0.25, 0.3) is 0 Å². The number of hydrogen-bond donors (Lipinski definition) is 2. The van der Waals surface area contributed by atoms with Gasteiger partial charge < -0.3 is 15.4 Å². The summed E-state index contributed by atoms with van der Waals surface area (Å²) in [6.45, 7) is 1.70. The molecule has 0 aromatic heterocycles. The van der Waals surface area contributed by atoms with Gasteiger partial charge in [-0.05, 0) is 24.6 Å². The van der Waals surface area contributed by atoms with Crippen molar-refractivity contribution in [3.8, 4) is 0 Å². The van der Waals surface area contributed by atoms with E-state index >= 15 is 0 Å². The second-order valence-electron chi connectivity index (χ2n) is 3.59. The lowest BCUT2D eigenvalue weighted by Gasteiger charge is -2.12. The van der Waals surface area contributed by atoms with Gasteiger partial charge in [-0.25, -0.2) is 4.79 Å². The maximum atomic E-state index is 11.3. The van der Waals surface area contributed by atoms with Gasteiger partial charge in [-0.2, -0.15) is 0 Å². The number of nitrogens with one attached hydrogen (secondary N) is 1. The van der Waals surface area contributed by atoms with Crippen LogP contribution in [0.3, 0.4) is 0 Å². The minimum absolute atomic E-state index is 0.180. The normalized spacial score (nSPS) is 11.1. The Labute approximate surface area is 94.4 Å². The maximum absolute atomic E-state index is 11.3. The predicted molar refractivity (Wildman–Crippen MR) is 63.1 cm³/mol. The predicted octanol–water partition coefficient (Wildman–Crippen LogP) is 1.98. The molecule has 0 unspecified atom stereocenters. The lowest BCUT2D eigenvalue weighted by atomic mass is 10.1. The van der Waals surface area contributed by atoms with E-state index in [1.807, 2.05) is 0 Å². The number of amides is 2. The van der Waals surface area contributed by atoms with Crippen molar-refractivity contribution >= 4 is 17.4 Å². The van der Waals surface area contributed by atoms with Crippen LogP contribution in [0.1, 0.15) is 12.5 Å². The molecule has 0 saturated carbocycles. The highest BCUT2D eigenvalue weighted by Gasteiger charge is 2.04. The zero-order valence-electron chi connectivity index (χ0n) is 9.56. The van der Waals surface area contributed by atoms with E-state index in [0.717, 1.165) is 5.56 Å². The lowest BCUT2D eigenvalue weighted by Crippen LogP contribution is -2.27. The molecule has 2 amide bonds. The van der Waals surface area contributed by atoms with Crippen molar-refractivity contribution in [2.45, 2.75) is 6.92 Å². The van der Waals surface area contributed by atoms with E-state index in [2.05, 4.69) is 10.5 Å². The van der Waals surface area contributed by atoms with Gasteiger partial charge in [0.2, 0.25) is 0 Å². The number of benzene rings is 1. The third kappa shape index (κ3) is 2.98. The Kier molecular flexibility index (Phi) is 3.88. The first-order chi connectivity index (χ1) is 7.54. The number of carbonyl (C=O) groups excluding carboxylic acids is 1. The first-order valence-electron chi connectivity index (χ1n) is 4.82. The molecule has 1 aromatic rings. The molecule has 0 atom stereocenters. The molecular formula is C11H15N3O2. The van der Waals surface area contributed by atoms with E-state index in [1.165, 1.54) is 4.90 Å². The van der Waals surface area contributed by atoms with Crippen LogP contribution in [0.25, 0.3) is 0 Å². The van der Waals surface area contributed by atoms with E-state index in [4.69, 9.17) is 5.21 Å². The fraction of sp³-hybridized carbons (Fsp3) is 0.273. The van der Waals surface area contributed by atoms with Crippen LogP contribution >= 0.6 is 0 Å². The molecule has 0 aliphatic heterocycles. The van der Waals surface area contributed by atoms with Gasteiger partial charge >= 0.3 is 6.03 Å². The van der Waals surface area contributed by atoms with Gasteiger partial charge in [0.15, 0.2) is 0 Å². The van der Waals surface area contributed by atoms with Gasteiger partial charge in [-0.1, -0.05) is 17.3 Å². The molecule has 5 heteroatoms. The first-order valence-corrected chi connectivity index (χ1v) is 4.82. The molecule has 0 bridgehead atoms. The smallest absolute Gasteiger partial charge is 0.321 e. The number of carbonyl (C=O) groups is 1. The fourth-order valence-corrected chi connectivity index (χ4v) is 1.09. The van der Waals surface area contributed by atoms with Crippen molar-refractivity contribution < 1.29 is 10.0 Å². The number of anilines is 1. The van der Waals surface area contributed by atoms with Crippen molar-refractivity contribution in [3.05, 3.63) is 29.8 Å². The average molecular weight is 221 g/mol. The summed E-state index contributed by atoms with van der Waals surface area (Å²) < 4.78 is 0. The second-order valence-corrected chi connectivity index (χ2v) is 3.59. The van der Waals surface area contributed by atoms with Crippen LogP contribution < -0.4 is 5.32 Å². The van der Waals surface area contributed by atoms with Crippen molar-refractivity contribution in [2.24, 2.45) is 5.16 Å². The van der Waals surface area contributed by atoms with E-state index in [9.17, 15) is 4.79 Å². The number of urea groups is 1. The minimum Gasteiger partial charge on any atom is -0.411 e. The molecular weight excluding hydrogens is 206 g/mol. The number of nitrogens with zero attached hydrogens (tertiary/aromatic N) is 2. The van der Waals surface area contributed by atoms with Crippen LogP contribution in [0, 0.1) is 0 Å². The number of oxime groups is 1. The summed E-state index contributed by atoms with van der Waals surface area (Å²) in [5, 5.41) is 14.4. The maximum Gasteiger partial charge on any atom is 0.321 e. The molecule has 2 N–H and O–H groups in total. The molecule has 0 aliphatic rings. The SMILES string of the molecule is CC(=NO)c1ccc(NC(=O)N(C)C)cc1. The topological polar surface area (TPSA) is 64.9 Å². The average Bonchev–Trinajstić information content (AvgIpc) is 2.28. The van der Waals surface area contributed by atoms with Gasteiger partial charge in [0.1, 0.15) is 0 Å². The van der Waals surface area contributed by atoms with Crippen molar-refractivity contribution in [1.82, 2.24) is 4.90 Å². The standard InChI is InChI=1S/C11H15N3O2/c1-8(13-16)9-4-6-10(7-5-9)12-11(15)14(2)3/h4-7,16H,1-3H3,(H,12,15). The molecule has 5 nitrogen and oxygen atoms in total. The Bertz CT molecular complexity index is 396. The molecule has 0 fully saturated rings. The summed E-state index contributed by atoms with van der Waals surface area (Å²) in [6.07, 6.45) is 0. The minimum atomic E-state index is -0.180. The van der Waals surface area contributed by atoms with Crippen LogP contribution in [-0.4, -0.2) is 35.9 Å². The van der Waals surface area contributed by atoms with Crippen LogP contribution in [0.2, 0.25) is 0 Å². The Balaban J connectivity index is 2.76. The van der Waals surface area contributed by atoms with Gasteiger partial charge in [-0.3, -0.25) is 0 Å². The summed E-state index contributed by atoms with van der Waals surface area (Å²) >= 11 is 0. The Morgan fingerprint density at radius 3 is 2.31 bits per heavy atom. The van der Waals surface area contributed by atoms with Gasteiger partial charge in [0.05, 0.1) is 5.71 Å². The lowest BCUT2D eigenvalue weighted by molar-refractivity contribution is 0.230. The third-order valence-corrected chi connectivity index (χ3v) is 2.11. The van der Waals surface area contributed by atoms with E-state index in [1.54, 1.807) is 45.3 Å². The van der Waals surface area contributed by atoms with Crippen molar-refractivity contribution in [1.29, 1.82) is 0 Å². The van der Waals surface area contributed by atoms with Crippen LogP contribution in [0.4, 0.5) is 10.5 Å². The van der Waals surface area contributed by atoms with Gasteiger partial charge in [0, 0.05) is 19.8 Å². The van der Waals surface area contributed by atoms with Crippen LogP contribution in [0.5, 0.6) is 0 Å². The largest absolute Gasteiger partial charge is 0.411 e. The zero-order chi connectivity index (χ0) is 12.1. The summed E-state index contributed by atoms with van der Waals surface area (Å²) in [4.78, 5) is 12.8. The molecule has 1 aromatic carbocycles. The van der Waals surface area contributed by atoms with E-state index in [-0.39, 0.29) is 6.03 Å². The van der Waals surface area contributed by atoms with Crippen molar-refractivity contribution in [3.63, 3.8) is 0 Å². The molecule has 0 heterocycles. The summed E-state index contributed by atoms with van der Waals surface area (Å²) in [6, 6.07) is 6.89. The van der Waals surface area contributed by atoms with Gasteiger partial charge in [-0.15, -0.1) is 0 Å². The summed E-state index contributed by atoms with van der Waals surface area (Å²) in [7, 11) is 3.35. The molecule has 0 saturated heterocycles. The molecule has 0 radical (unpaired) electrons. The zero-order valence-corrected chi connectivity index (χ0v) is 9.56. The number of rotatable bonds is 2. The number of hydrogen-bond acceptors (Lipinski definition) is 3. The molecule has 16 heavy (non-hydrogen) atoms. The molecule has 0 spiro atoms. The Morgan fingerprint density at radius 2 is 1.88 bits per heavy atom. The van der Waals surface area contributed by atoms with Crippen LogP contribution in [-0.2, 0) is 0 Å². The van der Waals surface area contributed by atoms with Crippen molar-refractivity contribution in [2.75, 3.05) is 19.4 Å². The third-order valence-electron chi connectivity index (χ3n) is 2.11. The first kappa shape index (κ1) is 12.0. The quantitative estimate of drug-likeness (QED) is 0.455. The van der Waals surface area contributed by atoms with Crippen LogP contribution in [0.15, 0.2) is 29.4 Å².